The monoisotopic (exact) mass is 44.0 g/mol. The third-order valence-corrected chi connectivity index (χ3v) is 0. The van der Waals surface area contributed by atoms with Crippen LogP contribution < -0.4 is 18.9 Å². The van der Waals surface area contributed by atoms with Crippen LogP contribution in [0.25, 0.3) is 0 Å². The van der Waals surface area contributed by atoms with Gasteiger partial charge in [0.1, 0.15) is 0 Å². The third-order valence-electron chi connectivity index (χ3n) is 0. The Bertz CT molecular complexity index is 24.8. The molecule has 0 aromatic heterocycles. The zero-order valence-corrected chi connectivity index (χ0v) is 2.58. The SMILES string of the molecule is [C-]#C[CH].[Li+]. The van der Waals surface area contributed by atoms with E-state index in [2.05, 4.69) is 6.92 Å². The van der Waals surface area contributed by atoms with Crippen LogP contribution in [0.4, 0.5) is 0 Å². The van der Waals surface area contributed by atoms with Gasteiger partial charge in [0, 0.05) is 6.92 Å². The zero-order chi connectivity index (χ0) is 2.71. The summed E-state index contributed by atoms with van der Waals surface area (Å²) in [5, 5.41) is 0. The summed E-state index contributed by atoms with van der Waals surface area (Å²) >= 11 is 0. The maximum absolute atomic E-state index is 5.74. The van der Waals surface area contributed by atoms with E-state index in [9.17, 15) is 0 Å². The van der Waals surface area contributed by atoms with Gasteiger partial charge < -0.3 is 12.3 Å². The van der Waals surface area contributed by atoms with E-state index in [0.29, 0.717) is 0 Å². The summed E-state index contributed by atoms with van der Waals surface area (Å²) in [6.45, 7) is 4.26. The van der Waals surface area contributed by atoms with Crippen LogP contribution in [0.5, 0.6) is 0 Å². The zero-order valence-electron chi connectivity index (χ0n) is 2.58. The molecule has 0 rings (SSSR count). The van der Waals surface area contributed by atoms with Crippen molar-refractivity contribution in [1.82, 2.24) is 0 Å². The van der Waals surface area contributed by atoms with Crippen molar-refractivity contribution in [2.75, 3.05) is 0 Å². The Morgan fingerprint density at radius 2 is 1.75 bits per heavy atom. The summed E-state index contributed by atoms with van der Waals surface area (Å²) < 4.78 is 0. The minimum absolute atomic E-state index is 0. The van der Waals surface area contributed by atoms with Gasteiger partial charge in [-0.15, -0.1) is 0 Å². The molecule has 0 spiro atoms. The first-order valence-electron chi connectivity index (χ1n) is 0.539. The molecular formula is C3HLi. The van der Waals surface area contributed by atoms with E-state index < -0.39 is 0 Å². The topological polar surface area (TPSA) is 0 Å². The van der Waals surface area contributed by atoms with Crippen LogP contribution in [0, 0.1) is 19.3 Å². The summed E-state index contributed by atoms with van der Waals surface area (Å²) in [6, 6.07) is 0. The molecule has 0 nitrogen and oxygen atoms in total. The maximum atomic E-state index is 5.74. The predicted octanol–water partition coefficient (Wildman–Crippen LogP) is -2.71. The smallest absolute Gasteiger partial charge is 0.693 e. The van der Waals surface area contributed by atoms with Crippen molar-refractivity contribution in [2.24, 2.45) is 0 Å². The molecule has 14 valence electrons. The summed E-state index contributed by atoms with van der Waals surface area (Å²) in [4.78, 5) is 0. The van der Waals surface area contributed by atoms with E-state index in [4.69, 9.17) is 6.42 Å². The van der Waals surface area contributed by atoms with Crippen LogP contribution in [-0.4, -0.2) is 0 Å². The Hall–Kier alpha value is 0.157. The molecule has 0 aliphatic heterocycles. The van der Waals surface area contributed by atoms with Crippen LogP contribution in [-0.2, 0) is 0 Å². The van der Waals surface area contributed by atoms with Crippen molar-refractivity contribution in [1.29, 1.82) is 0 Å². The Labute approximate surface area is 38.8 Å². The fourth-order valence-electron chi connectivity index (χ4n) is 0. The molecule has 0 unspecified atom stereocenters. The van der Waals surface area contributed by atoms with E-state index in [-0.39, 0.29) is 18.9 Å². The Balaban J connectivity index is 0. The second-order valence-corrected chi connectivity index (χ2v) is 0.144. The van der Waals surface area contributed by atoms with Gasteiger partial charge in [0.2, 0.25) is 0 Å². The molecule has 0 aromatic carbocycles. The molecule has 0 aliphatic rings. The second kappa shape index (κ2) is 11.0. The standard InChI is InChI=1S/C3H.Li/c1-3-2;/h1H;/q-1;+1. The van der Waals surface area contributed by atoms with Gasteiger partial charge in [0.05, 0.1) is 0 Å². The largest absolute Gasteiger partial charge is 1.00 e. The van der Waals surface area contributed by atoms with Gasteiger partial charge in [0.25, 0.3) is 0 Å². The van der Waals surface area contributed by atoms with Crippen molar-refractivity contribution >= 4 is 0 Å². The molecule has 0 saturated carbocycles. The summed E-state index contributed by atoms with van der Waals surface area (Å²) in [6.07, 6.45) is 5.74. The van der Waals surface area contributed by atoms with Gasteiger partial charge in [0.15, 0.2) is 0 Å². The summed E-state index contributed by atoms with van der Waals surface area (Å²) in [7, 11) is 0. The van der Waals surface area contributed by atoms with Gasteiger partial charge in [-0.3, -0.25) is 0 Å². The molecule has 0 amide bonds. The van der Waals surface area contributed by atoms with Crippen LogP contribution in [0.2, 0.25) is 0 Å². The Morgan fingerprint density at radius 3 is 1.75 bits per heavy atom. The first-order valence-corrected chi connectivity index (χ1v) is 0.539. The fraction of sp³-hybridized carbons (Fsp3) is 0. The minimum Gasteiger partial charge on any atom is -0.693 e. The van der Waals surface area contributed by atoms with Gasteiger partial charge in [-0.05, 0) is 0 Å². The molecule has 0 saturated heterocycles. The quantitative estimate of drug-likeness (QED) is 0.157. The van der Waals surface area contributed by atoms with Crippen molar-refractivity contribution in [2.45, 2.75) is 0 Å². The molecule has 0 heterocycles. The van der Waals surface area contributed by atoms with Crippen LogP contribution in [0.3, 0.4) is 0 Å². The molecule has 0 N–H and O–H groups in total. The van der Waals surface area contributed by atoms with Crippen molar-refractivity contribution in [3.8, 4) is 5.92 Å². The number of rotatable bonds is 0. The van der Waals surface area contributed by atoms with Crippen LogP contribution in [0.15, 0.2) is 0 Å². The number of hydrogen-bond acceptors (Lipinski definition) is 0. The average molecular weight is 44.0 g/mol. The minimum atomic E-state index is 0. The van der Waals surface area contributed by atoms with Crippen LogP contribution >= 0.6 is 0 Å². The Morgan fingerprint density at radius 1 is 1.75 bits per heavy atom. The average Bonchev–Trinajstić information content (AvgIpc) is 0.918. The summed E-state index contributed by atoms with van der Waals surface area (Å²) in [5.41, 5.74) is 0. The molecule has 0 aliphatic carbocycles. The van der Waals surface area contributed by atoms with Gasteiger partial charge in [-0.1, -0.05) is 0 Å². The van der Waals surface area contributed by atoms with Crippen molar-refractivity contribution in [3.63, 3.8) is 0 Å². The fourth-order valence-corrected chi connectivity index (χ4v) is 0. The van der Waals surface area contributed by atoms with E-state index in [0.717, 1.165) is 0 Å². The molecule has 4 heavy (non-hydrogen) atoms. The van der Waals surface area contributed by atoms with Crippen molar-refractivity contribution in [3.05, 3.63) is 13.3 Å². The molecule has 0 bridgehead atoms. The molecule has 0 atom stereocenters. The van der Waals surface area contributed by atoms with Gasteiger partial charge in [-0.25, -0.2) is 0 Å². The van der Waals surface area contributed by atoms with Gasteiger partial charge >= 0.3 is 18.9 Å². The van der Waals surface area contributed by atoms with E-state index in [1.807, 2.05) is 0 Å². The first kappa shape index (κ1) is 8.90. The van der Waals surface area contributed by atoms with Gasteiger partial charge in [-0.2, -0.15) is 0 Å². The summed E-state index contributed by atoms with van der Waals surface area (Å²) in [5.74, 6) is 1.50. The predicted molar refractivity (Wildman–Crippen MR) is 11.4 cm³/mol. The van der Waals surface area contributed by atoms with E-state index in [1.54, 1.807) is 0 Å². The Kier molecular flexibility index (Phi) is 24.4. The molecule has 1 heteroatoms. The second-order valence-electron chi connectivity index (χ2n) is 0.144. The molecule has 2 radical (unpaired) electrons. The first-order chi connectivity index (χ1) is 1.41. The molecular weight excluding hydrogens is 43.0 g/mol. The van der Waals surface area contributed by atoms with Crippen LogP contribution in [0.1, 0.15) is 0 Å². The normalized spacial score (nSPS) is 2.00. The molecule has 0 aromatic rings. The van der Waals surface area contributed by atoms with E-state index >= 15 is 0 Å². The van der Waals surface area contributed by atoms with Crippen molar-refractivity contribution < 1.29 is 18.9 Å². The number of hydrogen-bond donors (Lipinski definition) is 0. The van der Waals surface area contributed by atoms with E-state index in [1.165, 1.54) is 5.92 Å². The molecule has 0 fully saturated rings. The maximum Gasteiger partial charge on any atom is 1.00 e. The third kappa shape index (κ3) is 117.